The molecular formula is C7H15N3O4. The van der Waals surface area contributed by atoms with Crippen LogP contribution in [0, 0.1) is 0 Å². The first-order valence-corrected chi connectivity index (χ1v) is 4.27. The van der Waals surface area contributed by atoms with E-state index in [1.165, 1.54) is 0 Å². The highest BCUT2D eigenvalue weighted by molar-refractivity contribution is 4.61. The van der Waals surface area contributed by atoms with Gasteiger partial charge in [-0.15, -0.1) is 0 Å². The molecule has 0 aliphatic heterocycles. The monoisotopic (exact) mass is 205 g/mol. The summed E-state index contributed by atoms with van der Waals surface area (Å²) in [6.07, 6.45) is -0.371. The Hall–Kier alpha value is -0.850. The molecule has 7 heteroatoms. The summed E-state index contributed by atoms with van der Waals surface area (Å²) >= 11 is 0. The lowest BCUT2D eigenvalue weighted by molar-refractivity contribution is -0.0288. The third kappa shape index (κ3) is 7.78. The largest absolute Gasteiger partial charge is 0.394 e. The van der Waals surface area contributed by atoms with Crippen LogP contribution in [0.25, 0.3) is 10.4 Å². The molecule has 14 heavy (non-hydrogen) atoms. The maximum atomic E-state index is 8.50. The van der Waals surface area contributed by atoms with Gasteiger partial charge >= 0.3 is 0 Å². The second kappa shape index (κ2) is 10.2. The van der Waals surface area contributed by atoms with Gasteiger partial charge in [0.25, 0.3) is 0 Å². The molecule has 0 rings (SSSR count). The van der Waals surface area contributed by atoms with Gasteiger partial charge in [0, 0.05) is 4.91 Å². The fourth-order valence-electron chi connectivity index (χ4n) is 0.780. The summed E-state index contributed by atoms with van der Waals surface area (Å²) in [4.78, 5) is 2.59. The van der Waals surface area contributed by atoms with Gasteiger partial charge in [0.15, 0.2) is 0 Å². The van der Waals surface area contributed by atoms with Crippen molar-refractivity contribution < 1.29 is 19.7 Å². The minimum Gasteiger partial charge on any atom is -0.394 e. The predicted molar refractivity (Wildman–Crippen MR) is 48.7 cm³/mol. The van der Waals surface area contributed by atoms with Gasteiger partial charge in [-0.2, -0.15) is 0 Å². The van der Waals surface area contributed by atoms with Gasteiger partial charge in [0.1, 0.15) is 0 Å². The van der Waals surface area contributed by atoms with E-state index in [0.29, 0.717) is 0 Å². The molecule has 0 radical (unpaired) electrons. The SMILES string of the molecule is [N-]=[N+]=NCC(COCCO)OCCO. The lowest BCUT2D eigenvalue weighted by Crippen LogP contribution is -2.25. The van der Waals surface area contributed by atoms with Gasteiger partial charge in [-0.3, -0.25) is 0 Å². The lowest BCUT2D eigenvalue weighted by atomic mass is 10.4. The lowest BCUT2D eigenvalue weighted by Gasteiger charge is -2.14. The van der Waals surface area contributed by atoms with Crippen molar-refractivity contribution >= 4 is 0 Å². The van der Waals surface area contributed by atoms with Crippen LogP contribution in [-0.4, -0.2) is 55.9 Å². The number of ether oxygens (including phenoxy) is 2. The molecule has 0 aromatic carbocycles. The van der Waals surface area contributed by atoms with E-state index in [4.69, 9.17) is 25.2 Å². The molecule has 0 aliphatic rings. The number of aliphatic hydroxyl groups is 2. The molecule has 82 valence electrons. The third-order valence-electron chi connectivity index (χ3n) is 1.33. The highest BCUT2D eigenvalue weighted by Crippen LogP contribution is 1.95. The van der Waals surface area contributed by atoms with Crippen molar-refractivity contribution in [2.75, 3.05) is 39.6 Å². The summed E-state index contributed by atoms with van der Waals surface area (Å²) in [5.41, 5.74) is 8.08. The molecule has 0 aliphatic carbocycles. The van der Waals surface area contributed by atoms with E-state index in [1.54, 1.807) is 0 Å². The van der Waals surface area contributed by atoms with Gasteiger partial charge in [-0.25, -0.2) is 0 Å². The summed E-state index contributed by atoms with van der Waals surface area (Å²) in [5, 5.41) is 20.3. The van der Waals surface area contributed by atoms with Crippen molar-refractivity contribution in [3.63, 3.8) is 0 Å². The minimum absolute atomic E-state index is 0.0613. The van der Waals surface area contributed by atoms with Crippen LogP contribution >= 0.6 is 0 Å². The van der Waals surface area contributed by atoms with Crippen molar-refractivity contribution in [1.29, 1.82) is 0 Å². The van der Waals surface area contributed by atoms with E-state index in [1.807, 2.05) is 0 Å². The molecule has 1 unspecified atom stereocenters. The zero-order valence-electron chi connectivity index (χ0n) is 7.87. The van der Waals surface area contributed by atoms with Crippen LogP contribution in [0.5, 0.6) is 0 Å². The first-order valence-electron chi connectivity index (χ1n) is 4.27. The zero-order valence-corrected chi connectivity index (χ0v) is 7.87. The van der Waals surface area contributed by atoms with E-state index in [9.17, 15) is 0 Å². The van der Waals surface area contributed by atoms with Crippen molar-refractivity contribution in [1.82, 2.24) is 0 Å². The van der Waals surface area contributed by atoms with Crippen molar-refractivity contribution in [2.24, 2.45) is 5.11 Å². The summed E-state index contributed by atoms with van der Waals surface area (Å²) in [6.45, 7) is 0.631. The van der Waals surface area contributed by atoms with Crippen LogP contribution in [0.15, 0.2) is 5.11 Å². The predicted octanol–water partition coefficient (Wildman–Crippen LogP) is -0.317. The van der Waals surface area contributed by atoms with E-state index in [2.05, 4.69) is 10.0 Å². The number of nitrogens with zero attached hydrogens (tertiary/aromatic N) is 3. The second-order valence-corrected chi connectivity index (χ2v) is 2.43. The van der Waals surface area contributed by atoms with Gasteiger partial charge in [-0.05, 0) is 5.53 Å². The van der Waals surface area contributed by atoms with Crippen molar-refractivity contribution in [2.45, 2.75) is 6.10 Å². The molecule has 0 saturated heterocycles. The van der Waals surface area contributed by atoms with Gasteiger partial charge in [0.2, 0.25) is 0 Å². The first kappa shape index (κ1) is 13.2. The molecule has 0 spiro atoms. The maximum absolute atomic E-state index is 8.50. The molecular weight excluding hydrogens is 190 g/mol. The van der Waals surface area contributed by atoms with E-state index in [-0.39, 0.29) is 45.7 Å². The Labute approximate surface area is 81.9 Å². The third-order valence-corrected chi connectivity index (χ3v) is 1.33. The molecule has 0 fully saturated rings. The normalized spacial score (nSPS) is 12.1. The fourth-order valence-corrected chi connectivity index (χ4v) is 0.780. The number of hydrogen-bond acceptors (Lipinski definition) is 5. The Balaban J connectivity index is 3.65. The average Bonchev–Trinajstić information content (AvgIpc) is 2.21. The smallest absolute Gasteiger partial charge is 0.0865 e. The fraction of sp³-hybridized carbons (Fsp3) is 1.00. The van der Waals surface area contributed by atoms with Crippen molar-refractivity contribution in [3.05, 3.63) is 10.4 Å². The van der Waals surface area contributed by atoms with Gasteiger partial charge in [-0.1, -0.05) is 5.11 Å². The Morgan fingerprint density at radius 3 is 2.57 bits per heavy atom. The van der Waals surface area contributed by atoms with Gasteiger partial charge < -0.3 is 19.7 Å². The van der Waals surface area contributed by atoms with Crippen LogP contribution in [0.1, 0.15) is 0 Å². The standard InChI is InChI=1S/C7H15N3O4/c8-10-9-5-7(14-4-2-12)6-13-3-1-11/h7,11-12H,1-6H2. The Morgan fingerprint density at radius 1 is 1.29 bits per heavy atom. The van der Waals surface area contributed by atoms with Crippen LogP contribution in [-0.2, 0) is 9.47 Å². The van der Waals surface area contributed by atoms with E-state index < -0.39 is 0 Å². The highest BCUT2D eigenvalue weighted by Gasteiger charge is 2.07. The second-order valence-electron chi connectivity index (χ2n) is 2.43. The number of aliphatic hydroxyl groups excluding tert-OH is 2. The molecule has 0 amide bonds. The van der Waals surface area contributed by atoms with Crippen LogP contribution in [0.2, 0.25) is 0 Å². The molecule has 0 saturated carbocycles. The number of hydrogen-bond donors (Lipinski definition) is 2. The zero-order chi connectivity index (χ0) is 10.6. The van der Waals surface area contributed by atoms with Gasteiger partial charge in [0.05, 0.1) is 45.7 Å². The number of azide groups is 1. The summed E-state index contributed by atoms with van der Waals surface area (Å²) in [7, 11) is 0. The molecule has 1 atom stereocenters. The van der Waals surface area contributed by atoms with Crippen LogP contribution < -0.4 is 0 Å². The molecule has 2 N–H and O–H groups in total. The molecule has 0 bridgehead atoms. The molecule has 0 aromatic rings. The quantitative estimate of drug-likeness (QED) is 0.233. The van der Waals surface area contributed by atoms with Crippen LogP contribution in [0.4, 0.5) is 0 Å². The topological polar surface area (TPSA) is 108 Å². The Morgan fingerprint density at radius 2 is 2.00 bits per heavy atom. The molecule has 7 nitrogen and oxygen atoms in total. The van der Waals surface area contributed by atoms with E-state index in [0.717, 1.165) is 0 Å². The summed E-state index contributed by atoms with van der Waals surface area (Å²) < 4.78 is 10.1. The maximum Gasteiger partial charge on any atom is 0.0865 e. The number of rotatable bonds is 9. The molecule has 0 heterocycles. The van der Waals surface area contributed by atoms with Crippen LogP contribution in [0.3, 0.4) is 0 Å². The highest BCUT2D eigenvalue weighted by atomic mass is 16.5. The minimum atomic E-state index is -0.371. The average molecular weight is 205 g/mol. The Bertz CT molecular complexity index is 172. The Kier molecular flexibility index (Phi) is 9.61. The van der Waals surface area contributed by atoms with E-state index >= 15 is 0 Å². The van der Waals surface area contributed by atoms with Crippen molar-refractivity contribution in [3.8, 4) is 0 Å². The summed E-state index contributed by atoms with van der Waals surface area (Å²) in [6, 6.07) is 0. The summed E-state index contributed by atoms with van der Waals surface area (Å²) in [5.74, 6) is 0. The molecule has 0 aromatic heterocycles. The first-order chi connectivity index (χ1) is 6.85.